The number of ether oxygens (including phenoxy) is 1. The molecule has 2 aromatic heterocycles. The van der Waals surface area contributed by atoms with Crippen LogP contribution in [0.2, 0.25) is 5.02 Å². The first-order valence-corrected chi connectivity index (χ1v) is 15.0. The van der Waals surface area contributed by atoms with Crippen molar-refractivity contribution in [3.63, 3.8) is 0 Å². The maximum Gasteiger partial charge on any atom is 0.354 e. The SMILES string of the molecule is C[C@H](CO)Cn1c(CN2CCC(c3cccc4c3N(C)C(c3ccc(Cl)cc3F)CO4)CC2)nc2ccc(C(=O)O)nc21. The van der Waals surface area contributed by atoms with Crippen LogP contribution in [0.15, 0.2) is 48.5 Å². The van der Waals surface area contributed by atoms with Gasteiger partial charge in [0.1, 0.15) is 29.5 Å². The van der Waals surface area contributed by atoms with Crippen LogP contribution in [0, 0.1) is 11.7 Å². The standard InChI is InChI=1S/C32H35ClFN5O4/c1-19(17-40)15-39-29(35-25-8-9-26(32(41)42)36-31(25)39)16-38-12-10-20(11-13-38)22-4-3-5-28-30(22)37(2)27(18-43-28)23-7-6-21(33)14-24(23)34/h3-9,14,19-20,27,40H,10-13,15-18H2,1-2H3,(H,41,42)/t19-,27?/m0/s1. The summed E-state index contributed by atoms with van der Waals surface area (Å²) in [7, 11) is 2.00. The first-order valence-electron chi connectivity index (χ1n) is 14.6. The van der Waals surface area contributed by atoms with Gasteiger partial charge in [-0.05, 0) is 73.7 Å². The lowest BCUT2D eigenvalue weighted by molar-refractivity contribution is 0.0690. The molecule has 2 N–H and O–H groups in total. The topological polar surface area (TPSA) is 104 Å². The van der Waals surface area contributed by atoms with Gasteiger partial charge in [0.25, 0.3) is 0 Å². The maximum atomic E-state index is 14.9. The summed E-state index contributed by atoms with van der Waals surface area (Å²) in [4.78, 5) is 25.2. The van der Waals surface area contributed by atoms with E-state index in [2.05, 4.69) is 20.9 Å². The van der Waals surface area contributed by atoms with Gasteiger partial charge < -0.3 is 24.4 Å². The summed E-state index contributed by atoms with van der Waals surface area (Å²) in [6, 6.07) is 13.9. The van der Waals surface area contributed by atoms with Crippen LogP contribution in [-0.4, -0.2) is 69.0 Å². The Morgan fingerprint density at radius 3 is 2.65 bits per heavy atom. The molecular formula is C32H35ClFN5O4. The van der Waals surface area contributed by atoms with Crippen molar-refractivity contribution >= 4 is 34.4 Å². The lowest BCUT2D eigenvalue weighted by Gasteiger charge is -2.40. The number of likely N-dealkylation sites (N-methyl/N-ethyl adjacent to an activating group) is 1. The molecule has 43 heavy (non-hydrogen) atoms. The number of carboxylic acid groups (broad SMARTS) is 1. The molecule has 4 aromatic rings. The van der Waals surface area contributed by atoms with E-state index in [0.29, 0.717) is 47.4 Å². The number of benzene rings is 2. The lowest BCUT2D eigenvalue weighted by Crippen LogP contribution is -2.37. The molecule has 1 unspecified atom stereocenters. The Morgan fingerprint density at radius 2 is 1.93 bits per heavy atom. The Kier molecular flexibility index (Phi) is 8.26. The number of carboxylic acids is 1. The number of halogens is 2. The fourth-order valence-corrected chi connectivity index (χ4v) is 6.48. The number of imidazole rings is 1. The van der Waals surface area contributed by atoms with Gasteiger partial charge in [-0.1, -0.05) is 36.7 Å². The second-order valence-corrected chi connectivity index (χ2v) is 12.1. The zero-order chi connectivity index (χ0) is 30.2. The van der Waals surface area contributed by atoms with Gasteiger partial charge in [-0.15, -0.1) is 0 Å². The molecule has 0 aliphatic carbocycles. The van der Waals surface area contributed by atoms with Crippen LogP contribution in [0.5, 0.6) is 5.75 Å². The highest BCUT2D eigenvalue weighted by molar-refractivity contribution is 6.30. The first-order chi connectivity index (χ1) is 20.7. The summed E-state index contributed by atoms with van der Waals surface area (Å²) in [5, 5.41) is 19.5. The number of para-hydroxylation sites is 1. The molecule has 0 amide bonds. The minimum atomic E-state index is -1.09. The van der Waals surface area contributed by atoms with Crippen LogP contribution >= 0.6 is 11.6 Å². The highest BCUT2D eigenvalue weighted by Crippen LogP contribution is 2.46. The number of hydrogen-bond donors (Lipinski definition) is 2. The number of piperidine rings is 1. The van der Waals surface area contributed by atoms with Gasteiger partial charge in [-0.3, -0.25) is 4.90 Å². The summed E-state index contributed by atoms with van der Waals surface area (Å²) in [5.41, 5.74) is 3.91. The van der Waals surface area contributed by atoms with Crippen molar-refractivity contribution < 1.29 is 24.1 Å². The van der Waals surface area contributed by atoms with Crippen LogP contribution in [0.4, 0.5) is 10.1 Å². The van der Waals surface area contributed by atoms with Crippen LogP contribution in [0.3, 0.4) is 0 Å². The van der Waals surface area contributed by atoms with Crippen molar-refractivity contribution in [2.45, 2.75) is 44.8 Å². The van der Waals surface area contributed by atoms with Gasteiger partial charge in [0.2, 0.25) is 0 Å². The molecule has 226 valence electrons. The molecule has 0 radical (unpaired) electrons. The normalized spacial score (nSPS) is 18.4. The predicted octanol–water partition coefficient (Wildman–Crippen LogP) is 5.50. The van der Waals surface area contributed by atoms with Gasteiger partial charge in [0, 0.05) is 30.8 Å². The van der Waals surface area contributed by atoms with Crippen molar-refractivity contribution in [3.05, 3.63) is 82.0 Å². The molecule has 9 nitrogen and oxygen atoms in total. The molecule has 0 spiro atoms. The third kappa shape index (κ3) is 5.79. The van der Waals surface area contributed by atoms with E-state index in [4.69, 9.17) is 21.3 Å². The number of fused-ring (bicyclic) bond motifs is 2. The number of likely N-dealkylation sites (tertiary alicyclic amines) is 1. The monoisotopic (exact) mass is 607 g/mol. The van der Waals surface area contributed by atoms with E-state index in [1.165, 1.54) is 17.7 Å². The van der Waals surface area contributed by atoms with E-state index >= 15 is 0 Å². The van der Waals surface area contributed by atoms with Crippen molar-refractivity contribution in [2.75, 3.05) is 38.3 Å². The molecule has 6 rings (SSSR count). The lowest BCUT2D eigenvalue weighted by atomic mass is 9.87. The van der Waals surface area contributed by atoms with Crippen LogP contribution < -0.4 is 9.64 Å². The van der Waals surface area contributed by atoms with Crippen LogP contribution in [0.1, 0.15) is 59.2 Å². The second-order valence-electron chi connectivity index (χ2n) is 11.6. The Hall–Kier alpha value is -3.73. The number of aliphatic hydroxyl groups is 1. The minimum Gasteiger partial charge on any atom is -0.489 e. The highest BCUT2D eigenvalue weighted by atomic mass is 35.5. The molecule has 1 saturated heterocycles. The van der Waals surface area contributed by atoms with Gasteiger partial charge in [-0.25, -0.2) is 19.2 Å². The van der Waals surface area contributed by atoms with Crippen molar-refractivity contribution in [1.29, 1.82) is 0 Å². The summed E-state index contributed by atoms with van der Waals surface area (Å²) >= 11 is 6.01. The largest absolute Gasteiger partial charge is 0.489 e. The number of nitrogens with zero attached hydrogens (tertiary/aromatic N) is 5. The zero-order valence-corrected chi connectivity index (χ0v) is 25.0. The summed E-state index contributed by atoms with van der Waals surface area (Å²) < 4.78 is 23.0. The van der Waals surface area contributed by atoms with E-state index in [0.717, 1.165) is 43.2 Å². The molecule has 2 aliphatic heterocycles. The number of rotatable bonds is 8. The van der Waals surface area contributed by atoms with Gasteiger partial charge in [0.05, 0.1) is 18.3 Å². The quantitative estimate of drug-likeness (QED) is 0.271. The number of aromatic carboxylic acids is 1. The number of aromatic nitrogens is 3. The molecule has 2 aliphatic rings. The second kappa shape index (κ2) is 12.1. The average molecular weight is 608 g/mol. The van der Waals surface area contributed by atoms with E-state index < -0.39 is 5.97 Å². The molecule has 0 bridgehead atoms. The number of aliphatic hydroxyl groups excluding tert-OH is 1. The number of anilines is 1. The molecule has 2 atom stereocenters. The van der Waals surface area contributed by atoms with Crippen molar-refractivity contribution in [1.82, 2.24) is 19.4 Å². The minimum absolute atomic E-state index is 0.00814. The van der Waals surface area contributed by atoms with Crippen LogP contribution in [-0.2, 0) is 13.1 Å². The number of pyridine rings is 1. The third-order valence-corrected chi connectivity index (χ3v) is 8.89. The average Bonchev–Trinajstić information content (AvgIpc) is 3.33. The molecule has 1 fully saturated rings. The molecule has 2 aromatic carbocycles. The van der Waals surface area contributed by atoms with Crippen LogP contribution in [0.25, 0.3) is 11.2 Å². The Balaban J connectivity index is 1.21. The van der Waals surface area contributed by atoms with Gasteiger partial charge in [-0.2, -0.15) is 0 Å². The molecule has 0 saturated carbocycles. The molecular weight excluding hydrogens is 573 g/mol. The summed E-state index contributed by atoms with van der Waals surface area (Å²) in [6.45, 7) is 5.08. The number of hydrogen-bond acceptors (Lipinski definition) is 7. The van der Waals surface area contributed by atoms with Gasteiger partial charge in [0.15, 0.2) is 11.3 Å². The van der Waals surface area contributed by atoms with Gasteiger partial charge >= 0.3 is 5.97 Å². The Labute approximate surface area is 254 Å². The third-order valence-electron chi connectivity index (χ3n) is 8.66. The predicted molar refractivity (Wildman–Crippen MR) is 162 cm³/mol. The van der Waals surface area contributed by atoms with E-state index in [1.54, 1.807) is 18.2 Å². The van der Waals surface area contributed by atoms with E-state index in [9.17, 15) is 19.4 Å². The smallest absolute Gasteiger partial charge is 0.354 e. The zero-order valence-electron chi connectivity index (χ0n) is 24.2. The summed E-state index contributed by atoms with van der Waals surface area (Å²) in [5.74, 6) is 0.466. The Bertz CT molecular complexity index is 1650. The Morgan fingerprint density at radius 1 is 1.14 bits per heavy atom. The fraction of sp³-hybridized carbons (Fsp3) is 0.406. The number of carbonyl (C=O) groups is 1. The molecule has 4 heterocycles. The molecule has 11 heteroatoms. The van der Waals surface area contributed by atoms with Crippen molar-refractivity contribution in [3.8, 4) is 5.75 Å². The maximum absolute atomic E-state index is 14.9. The van der Waals surface area contributed by atoms with E-state index in [-0.39, 0.29) is 30.1 Å². The highest BCUT2D eigenvalue weighted by Gasteiger charge is 2.33. The van der Waals surface area contributed by atoms with Crippen molar-refractivity contribution in [2.24, 2.45) is 5.92 Å². The first kappa shape index (κ1) is 29.3. The summed E-state index contributed by atoms with van der Waals surface area (Å²) in [6.07, 6.45) is 1.86. The fourth-order valence-electron chi connectivity index (χ4n) is 6.32. The van der Waals surface area contributed by atoms with E-state index in [1.807, 2.05) is 30.7 Å².